The highest BCUT2D eigenvalue weighted by molar-refractivity contribution is 6.01. The molecule has 0 aromatic carbocycles. The van der Waals surface area contributed by atoms with Crippen LogP contribution in [-0.4, -0.2) is 22.7 Å². The summed E-state index contributed by atoms with van der Waals surface area (Å²) in [5, 5.41) is 4.26. The van der Waals surface area contributed by atoms with Gasteiger partial charge in [-0.3, -0.25) is 9.48 Å². The van der Waals surface area contributed by atoms with Crippen molar-refractivity contribution in [1.29, 1.82) is 0 Å². The van der Waals surface area contributed by atoms with E-state index in [0.717, 1.165) is 18.4 Å². The smallest absolute Gasteiger partial charge is 0.188 e. The quantitative estimate of drug-likeness (QED) is 0.781. The molecule has 0 radical (unpaired) electrons. The topological polar surface area (TPSA) is 44.1 Å². The summed E-state index contributed by atoms with van der Waals surface area (Å²) in [7, 11) is 1.62. The van der Waals surface area contributed by atoms with Crippen LogP contribution in [-0.2, 0) is 6.54 Å². The summed E-state index contributed by atoms with van der Waals surface area (Å²) in [6.07, 6.45) is 5.74. The Morgan fingerprint density at radius 1 is 1.42 bits per heavy atom. The molecular formula is C15H20N2O2. The zero-order chi connectivity index (χ0) is 13.1. The van der Waals surface area contributed by atoms with E-state index in [-0.39, 0.29) is 11.7 Å². The molecule has 3 aliphatic rings. The Balaban J connectivity index is 1.64. The maximum atomic E-state index is 12.8. The summed E-state index contributed by atoms with van der Waals surface area (Å²) in [6, 6.07) is 0. The molecule has 1 aromatic heterocycles. The Hall–Kier alpha value is -1.32. The van der Waals surface area contributed by atoms with Gasteiger partial charge in [-0.05, 0) is 49.9 Å². The third kappa shape index (κ3) is 1.40. The van der Waals surface area contributed by atoms with Gasteiger partial charge in [0.25, 0.3) is 0 Å². The summed E-state index contributed by atoms with van der Waals surface area (Å²) in [6.45, 7) is 2.74. The van der Waals surface area contributed by atoms with Crippen LogP contribution in [0.25, 0.3) is 0 Å². The van der Waals surface area contributed by atoms with E-state index in [4.69, 9.17) is 4.74 Å². The van der Waals surface area contributed by atoms with E-state index in [2.05, 4.69) is 5.10 Å². The lowest BCUT2D eigenvalue weighted by Gasteiger charge is -2.10. The molecule has 19 heavy (non-hydrogen) atoms. The molecule has 1 aromatic rings. The molecular weight excluding hydrogens is 240 g/mol. The third-order valence-corrected chi connectivity index (χ3v) is 5.60. The molecule has 4 nitrogen and oxygen atoms in total. The molecule has 0 spiro atoms. The Labute approximate surface area is 113 Å². The Morgan fingerprint density at radius 2 is 2.11 bits per heavy atom. The van der Waals surface area contributed by atoms with Gasteiger partial charge in [0, 0.05) is 12.5 Å². The number of ketones is 1. The molecule has 4 rings (SSSR count). The number of carbonyl (C=O) groups is 1. The van der Waals surface area contributed by atoms with Crippen LogP contribution in [0.5, 0.6) is 5.75 Å². The van der Waals surface area contributed by atoms with Crippen LogP contribution in [0, 0.1) is 29.6 Å². The van der Waals surface area contributed by atoms with Crippen LogP contribution in [0.1, 0.15) is 36.7 Å². The highest BCUT2D eigenvalue weighted by Crippen LogP contribution is 2.70. The van der Waals surface area contributed by atoms with Crippen molar-refractivity contribution in [2.75, 3.05) is 7.11 Å². The predicted molar refractivity (Wildman–Crippen MR) is 70.1 cm³/mol. The third-order valence-electron chi connectivity index (χ3n) is 5.60. The van der Waals surface area contributed by atoms with Crippen LogP contribution in [0.3, 0.4) is 0 Å². The highest BCUT2D eigenvalue weighted by Gasteiger charge is 2.67. The Kier molecular flexibility index (Phi) is 2.32. The van der Waals surface area contributed by atoms with Crippen LogP contribution < -0.4 is 4.74 Å². The van der Waals surface area contributed by atoms with Gasteiger partial charge in [0.15, 0.2) is 11.5 Å². The van der Waals surface area contributed by atoms with Crippen molar-refractivity contribution in [2.24, 2.45) is 29.6 Å². The molecule has 0 aliphatic heterocycles. The van der Waals surface area contributed by atoms with Crippen molar-refractivity contribution < 1.29 is 9.53 Å². The maximum Gasteiger partial charge on any atom is 0.188 e. The number of carbonyl (C=O) groups excluding carboxylic acids is 1. The van der Waals surface area contributed by atoms with Gasteiger partial charge in [0.2, 0.25) is 0 Å². The van der Waals surface area contributed by atoms with Gasteiger partial charge in [-0.25, -0.2) is 0 Å². The van der Waals surface area contributed by atoms with Crippen LogP contribution >= 0.6 is 0 Å². The minimum atomic E-state index is 0.266. The number of aromatic nitrogens is 2. The summed E-state index contributed by atoms with van der Waals surface area (Å²) in [5.74, 6) is 4.20. The van der Waals surface area contributed by atoms with Crippen LogP contribution in [0.2, 0.25) is 0 Å². The standard InChI is InChI=1S/C15H20N2O2/c1-3-17-14(10(19-2)7-16-17)15(18)13-11-8-4-5-9(6-8)12(11)13/h7-9,11-13H,3-6H2,1-2H3. The monoisotopic (exact) mass is 260 g/mol. The van der Waals surface area contributed by atoms with Crippen molar-refractivity contribution in [1.82, 2.24) is 9.78 Å². The van der Waals surface area contributed by atoms with E-state index < -0.39 is 0 Å². The number of methoxy groups -OCH3 is 1. The van der Waals surface area contributed by atoms with Crippen molar-refractivity contribution >= 4 is 5.78 Å². The largest absolute Gasteiger partial charge is 0.493 e. The van der Waals surface area contributed by atoms with Gasteiger partial charge >= 0.3 is 0 Å². The first-order chi connectivity index (χ1) is 9.26. The lowest BCUT2D eigenvalue weighted by Crippen LogP contribution is -2.16. The van der Waals surface area contributed by atoms with Gasteiger partial charge in [0.1, 0.15) is 5.69 Å². The number of aryl methyl sites for hydroxylation is 1. The number of nitrogens with zero attached hydrogens (tertiary/aromatic N) is 2. The van der Waals surface area contributed by atoms with Gasteiger partial charge in [0.05, 0.1) is 13.3 Å². The molecule has 0 saturated heterocycles. The normalized spacial score (nSPS) is 38.3. The van der Waals surface area contributed by atoms with Crippen molar-refractivity contribution in [2.45, 2.75) is 32.7 Å². The van der Waals surface area contributed by atoms with Gasteiger partial charge in [-0.1, -0.05) is 0 Å². The molecule has 3 aliphatic carbocycles. The first-order valence-electron chi connectivity index (χ1n) is 7.40. The number of fused-ring (bicyclic) bond motifs is 5. The predicted octanol–water partition coefficient (Wildman–Crippen LogP) is 2.39. The van der Waals surface area contributed by atoms with Crippen molar-refractivity contribution in [3.05, 3.63) is 11.9 Å². The van der Waals surface area contributed by atoms with E-state index in [1.807, 2.05) is 6.92 Å². The second kappa shape index (κ2) is 3.84. The first-order valence-corrected chi connectivity index (χ1v) is 7.40. The molecule has 0 N–H and O–H groups in total. The number of Topliss-reactive ketones (excluding diaryl/α,β-unsaturated/α-hetero) is 1. The molecule has 1 heterocycles. The number of ether oxygens (including phenoxy) is 1. The zero-order valence-electron chi connectivity index (χ0n) is 11.5. The van der Waals surface area contributed by atoms with Crippen LogP contribution in [0.4, 0.5) is 0 Å². The zero-order valence-corrected chi connectivity index (χ0v) is 11.5. The molecule has 4 unspecified atom stereocenters. The Morgan fingerprint density at radius 3 is 2.68 bits per heavy atom. The van der Waals surface area contributed by atoms with Gasteiger partial charge in [-0.2, -0.15) is 5.10 Å². The second-order valence-electron chi connectivity index (χ2n) is 6.26. The van der Waals surface area contributed by atoms with Gasteiger partial charge < -0.3 is 4.74 Å². The maximum absolute atomic E-state index is 12.8. The lowest BCUT2D eigenvalue weighted by molar-refractivity contribution is 0.0930. The summed E-state index contributed by atoms with van der Waals surface area (Å²) in [4.78, 5) is 12.8. The van der Waals surface area contributed by atoms with E-state index in [9.17, 15) is 4.79 Å². The van der Waals surface area contributed by atoms with Gasteiger partial charge in [-0.15, -0.1) is 0 Å². The van der Waals surface area contributed by atoms with Crippen molar-refractivity contribution in [3.8, 4) is 5.75 Å². The average molecular weight is 260 g/mol. The second-order valence-corrected chi connectivity index (χ2v) is 6.26. The molecule has 4 heteroatoms. The number of hydrogen-bond donors (Lipinski definition) is 0. The summed E-state index contributed by atoms with van der Waals surface area (Å²) >= 11 is 0. The van der Waals surface area contributed by atoms with Crippen molar-refractivity contribution in [3.63, 3.8) is 0 Å². The van der Waals surface area contributed by atoms with Crippen LogP contribution in [0.15, 0.2) is 6.20 Å². The molecule has 2 bridgehead atoms. The fraction of sp³-hybridized carbons (Fsp3) is 0.733. The SMILES string of the molecule is CCn1ncc(OC)c1C(=O)C1C2C3CCC(C3)C12. The minimum Gasteiger partial charge on any atom is -0.493 e. The molecule has 102 valence electrons. The fourth-order valence-corrected chi connectivity index (χ4v) is 4.84. The molecule has 3 fully saturated rings. The lowest BCUT2D eigenvalue weighted by atomic mass is 9.98. The summed E-state index contributed by atoms with van der Waals surface area (Å²) < 4.78 is 7.10. The first kappa shape index (κ1) is 11.5. The highest BCUT2D eigenvalue weighted by atomic mass is 16.5. The minimum absolute atomic E-state index is 0.266. The average Bonchev–Trinajstić information content (AvgIpc) is 2.81. The van der Waals surface area contributed by atoms with E-state index in [1.54, 1.807) is 18.0 Å². The molecule has 3 saturated carbocycles. The fourth-order valence-electron chi connectivity index (χ4n) is 4.84. The summed E-state index contributed by atoms with van der Waals surface area (Å²) in [5.41, 5.74) is 0.698. The van der Waals surface area contributed by atoms with E-state index >= 15 is 0 Å². The molecule has 4 atom stereocenters. The number of rotatable bonds is 4. The molecule has 0 amide bonds. The van der Waals surface area contributed by atoms with E-state index in [0.29, 0.717) is 23.3 Å². The Bertz CT molecular complexity index is 499. The van der Waals surface area contributed by atoms with E-state index in [1.165, 1.54) is 19.3 Å². The number of hydrogen-bond acceptors (Lipinski definition) is 3.